The highest BCUT2D eigenvalue weighted by atomic mass is 16.5. The highest BCUT2D eigenvalue weighted by molar-refractivity contribution is 5.95. The zero-order chi connectivity index (χ0) is 19.2. The van der Waals surface area contributed by atoms with Crippen LogP contribution in [0.15, 0.2) is 60.7 Å². The molecule has 27 heavy (non-hydrogen) atoms. The highest BCUT2D eigenvalue weighted by Crippen LogP contribution is 2.32. The standard InChI is InChI=1S/C22H18O5/c1-26-19-7-2-15(3-8-19)14-27-20-9-5-17(13-24)22(11-20)21-10-18(25)6-4-16(21)12-23/h2-13,25H,14H2,1H3. The van der Waals surface area contributed by atoms with Gasteiger partial charge in [0.05, 0.1) is 7.11 Å². The number of hydrogen-bond acceptors (Lipinski definition) is 5. The molecule has 0 aliphatic heterocycles. The van der Waals surface area contributed by atoms with Crippen LogP contribution < -0.4 is 9.47 Å². The summed E-state index contributed by atoms with van der Waals surface area (Å²) in [6, 6.07) is 16.9. The molecule has 3 rings (SSSR count). The number of rotatable bonds is 7. The van der Waals surface area contributed by atoms with E-state index in [0.29, 0.717) is 47.2 Å². The molecule has 0 fully saturated rings. The number of hydrogen-bond donors (Lipinski definition) is 1. The number of carbonyl (C=O) groups excluding carboxylic acids is 2. The topological polar surface area (TPSA) is 72.8 Å². The molecule has 0 unspecified atom stereocenters. The maximum atomic E-state index is 11.4. The van der Waals surface area contributed by atoms with Crippen molar-refractivity contribution in [1.82, 2.24) is 0 Å². The van der Waals surface area contributed by atoms with E-state index in [2.05, 4.69) is 0 Å². The van der Waals surface area contributed by atoms with Gasteiger partial charge in [0.1, 0.15) is 23.9 Å². The third-order valence-corrected chi connectivity index (χ3v) is 4.17. The lowest BCUT2D eigenvalue weighted by Crippen LogP contribution is -1.98. The van der Waals surface area contributed by atoms with Crippen LogP contribution in [0.3, 0.4) is 0 Å². The molecule has 0 atom stereocenters. The molecule has 3 aromatic carbocycles. The maximum Gasteiger partial charge on any atom is 0.150 e. The lowest BCUT2D eigenvalue weighted by atomic mass is 9.96. The first kappa shape index (κ1) is 18.2. The van der Waals surface area contributed by atoms with E-state index in [-0.39, 0.29) is 5.75 Å². The van der Waals surface area contributed by atoms with Crippen LogP contribution in [0.1, 0.15) is 26.3 Å². The second-order valence-corrected chi connectivity index (χ2v) is 5.89. The molecular weight excluding hydrogens is 344 g/mol. The molecule has 5 nitrogen and oxygen atoms in total. The Labute approximate surface area is 156 Å². The van der Waals surface area contributed by atoms with Gasteiger partial charge in [0.25, 0.3) is 0 Å². The van der Waals surface area contributed by atoms with Gasteiger partial charge in [-0.3, -0.25) is 9.59 Å². The van der Waals surface area contributed by atoms with Crippen molar-refractivity contribution in [3.63, 3.8) is 0 Å². The van der Waals surface area contributed by atoms with Crippen LogP contribution in [0.2, 0.25) is 0 Å². The summed E-state index contributed by atoms with van der Waals surface area (Å²) < 4.78 is 11.0. The molecule has 0 heterocycles. The van der Waals surface area contributed by atoms with Crippen molar-refractivity contribution in [3.8, 4) is 28.4 Å². The van der Waals surface area contributed by atoms with Crippen molar-refractivity contribution < 1.29 is 24.2 Å². The summed E-state index contributed by atoms with van der Waals surface area (Å²) in [6.07, 6.45) is 1.40. The van der Waals surface area contributed by atoms with Gasteiger partial charge in [-0.05, 0) is 65.2 Å². The molecule has 136 valence electrons. The second kappa shape index (κ2) is 8.19. The van der Waals surface area contributed by atoms with E-state index in [4.69, 9.17) is 9.47 Å². The first-order valence-corrected chi connectivity index (χ1v) is 8.28. The Bertz CT molecular complexity index is 961. The molecule has 3 aromatic rings. The second-order valence-electron chi connectivity index (χ2n) is 5.89. The highest BCUT2D eigenvalue weighted by Gasteiger charge is 2.12. The largest absolute Gasteiger partial charge is 0.508 e. The van der Waals surface area contributed by atoms with Gasteiger partial charge >= 0.3 is 0 Å². The number of aldehydes is 2. The minimum Gasteiger partial charge on any atom is -0.508 e. The maximum absolute atomic E-state index is 11.4. The Morgan fingerprint density at radius 2 is 1.41 bits per heavy atom. The van der Waals surface area contributed by atoms with Gasteiger partial charge in [-0.1, -0.05) is 12.1 Å². The minimum atomic E-state index is 0.0111. The summed E-state index contributed by atoms with van der Waals surface area (Å²) in [5.41, 5.74) is 2.74. The molecule has 0 aromatic heterocycles. The Kier molecular flexibility index (Phi) is 5.52. The summed E-state index contributed by atoms with van der Waals surface area (Å²) in [5, 5.41) is 9.78. The van der Waals surface area contributed by atoms with Crippen LogP contribution in [0.25, 0.3) is 11.1 Å². The van der Waals surface area contributed by atoms with Crippen molar-refractivity contribution >= 4 is 12.6 Å². The van der Waals surface area contributed by atoms with Gasteiger partial charge in [-0.15, -0.1) is 0 Å². The molecule has 0 radical (unpaired) electrons. The fraction of sp³-hybridized carbons (Fsp3) is 0.0909. The number of methoxy groups -OCH3 is 1. The average Bonchev–Trinajstić information content (AvgIpc) is 2.72. The van der Waals surface area contributed by atoms with Crippen LogP contribution in [-0.4, -0.2) is 24.8 Å². The van der Waals surface area contributed by atoms with E-state index < -0.39 is 0 Å². The van der Waals surface area contributed by atoms with E-state index >= 15 is 0 Å². The summed E-state index contributed by atoms with van der Waals surface area (Å²) >= 11 is 0. The van der Waals surface area contributed by atoms with Gasteiger partial charge in [0.15, 0.2) is 12.6 Å². The minimum absolute atomic E-state index is 0.0111. The fourth-order valence-corrected chi connectivity index (χ4v) is 2.73. The van der Waals surface area contributed by atoms with Crippen molar-refractivity contribution in [2.24, 2.45) is 0 Å². The van der Waals surface area contributed by atoms with E-state index in [0.717, 1.165) is 11.3 Å². The summed E-state index contributed by atoms with van der Waals surface area (Å²) in [7, 11) is 1.61. The van der Waals surface area contributed by atoms with E-state index in [1.54, 1.807) is 25.3 Å². The molecule has 0 spiro atoms. The molecule has 5 heteroatoms. The summed E-state index contributed by atoms with van der Waals surface area (Å²) in [4.78, 5) is 22.8. The van der Waals surface area contributed by atoms with Crippen molar-refractivity contribution in [3.05, 3.63) is 77.4 Å². The fourth-order valence-electron chi connectivity index (χ4n) is 2.73. The lowest BCUT2D eigenvalue weighted by Gasteiger charge is -2.12. The molecule has 0 amide bonds. The molecule has 0 bridgehead atoms. The number of carbonyl (C=O) groups is 2. The normalized spacial score (nSPS) is 10.3. The third kappa shape index (κ3) is 4.15. The third-order valence-electron chi connectivity index (χ3n) is 4.17. The van der Waals surface area contributed by atoms with Crippen LogP contribution in [0.4, 0.5) is 0 Å². The Morgan fingerprint density at radius 1 is 0.815 bits per heavy atom. The van der Waals surface area contributed by atoms with E-state index in [1.165, 1.54) is 18.2 Å². The van der Waals surface area contributed by atoms with Crippen molar-refractivity contribution in [1.29, 1.82) is 0 Å². The Morgan fingerprint density at radius 3 is 2.04 bits per heavy atom. The van der Waals surface area contributed by atoms with Gasteiger partial charge in [-0.2, -0.15) is 0 Å². The Hall–Kier alpha value is -3.60. The van der Waals surface area contributed by atoms with Crippen LogP contribution >= 0.6 is 0 Å². The van der Waals surface area contributed by atoms with Gasteiger partial charge in [0, 0.05) is 11.1 Å². The van der Waals surface area contributed by atoms with Crippen LogP contribution in [-0.2, 0) is 6.61 Å². The van der Waals surface area contributed by atoms with Gasteiger partial charge in [-0.25, -0.2) is 0 Å². The predicted molar refractivity (Wildman–Crippen MR) is 102 cm³/mol. The van der Waals surface area contributed by atoms with E-state index in [9.17, 15) is 14.7 Å². The summed E-state index contributed by atoms with van der Waals surface area (Å²) in [5.74, 6) is 1.32. The Balaban J connectivity index is 1.90. The van der Waals surface area contributed by atoms with Gasteiger partial charge < -0.3 is 14.6 Å². The summed E-state index contributed by atoms with van der Waals surface area (Å²) in [6.45, 7) is 0.338. The zero-order valence-electron chi connectivity index (χ0n) is 14.7. The van der Waals surface area contributed by atoms with Crippen molar-refractivity contribution in [2.45, 2.75) is 6.61 Å². The lowest BCUT2D eigenvalue weighted by molar-refractivity contribution is 0.111. The molecular formula is C22H18O5. The first-order chi connectivity index (χ1) is 13.1. The monoisotopic (exact) mass is 362 g/mol. The van der Waals surface area contributed by atoms with Crippen LogP contribution in [0, 0.1) is 0 Å². The molecule has 0 saturated carbocycles. The number of phenols is 1. The van der Waals surface area contributed by atoms with Crippen molar-refractivity contribution in [2.75, 3.05) is 7.11 Å². The smallest absolute Gasteiger partial charge is 0.150 e. The van der Waals surface area contributed by atoms with Crippen LogP contribution in [0.5, 0.6) is 17.2 Å². The van der Waals surface area contributed by atoms with E-state index in [1.807, 2.05) is 24.3 Å². The molecule has 0 aliphatic carbocycles. The molecule has 1 N–H and O–H groups in total. The number of phenolic OH excluding ortho intramolecular Hbond substituents is 1. The first-order valence-electron chi connectivity index (χ1n) is 8.28. The molecule has 0 saturated heterocycles. The zero-order valence-corrected chi connectivity index (χ0v) is 14.7. The van der Waals surface area contributed by atoms with Gasteiger partial charge in [0.2, 0.25) is 0 Å². The predicted octanol–water partition coefficient (Wildman–Crippen LogP) is 4.27. The molecule has 0 aliphatic rings. The number of ether oxygens (including phenoxy) is 2. The number of aromatic hydroxyl groups is 1. The SMILES string of the molecule is COc1ccc(COc2ccc(C=O)c(-c3cc(O)ccc3C=O)c2)cc1. The quantitative estimate of drug-likeness (QED) is 0.636. The number of benzene rings is 3. The average molecular weight is 362 g/mol.